The topological polar surface area (TPSA) is 75.3 Å². The van der Waals surface area contributed by atoms with Gasteiger partial charge in [0, 0.05) is 16.9 Å². The summed E-state index contributed by atoms with van der Waals surface area (Å²) in [5.74, 6) is -0.480. The van der Waals surface area contributed by atoms with E-state index in [9.17, 15) is 14.4 Å². The van der Waals surface area contributed by atoms with E-state index in [-0.39, 0.29) is 22.5 Å². The summed E-state index contributed by atoms with van der Waals surface area (Å²) < 4.78 is 0. The molecule has 5 nitrogen and oxygen atoms in total. The van der Waals surface area contributed by atoms with Crippen LogP contribution >= 0.6 is 31.9 Å². The lowest BCUT2D eigenvalue weighted by Gasteiger charge is -2.08. The molecule has 0 aromatic heterocycles. The number of halogens is 2. The summed E-state index contributed by atoms with van der Waals surface area (Å²) in [5.41, 5.74) is 1.27. The number of carbonyl (C=O) groups excluding carboxylic acids is 3. The average molecular weight is 378 g/mol. The Morgan fingerprint density at radius 2 is 1.44 bits per heavy atom. The Morgan fingerprint density at radius 1 is 1.00 bits per heavy atom. The molecule has 0 spiro atoms. The summed E-state index contributed by atoms with van der Waals surface area (Å²) in [6.45, 7) is 0. The number of alkyl halides is 2. The summed E-state index contributed by atoms with van der Waals surface area (Å²) in [4.78, 5) is 33.2. The Balaban J connectivity index is 2.97. The Kier molecular flexibility index (Phi) is 6.00. The Bertz CT molecular complexity index is 441. The molecule has 18 heavy (non-hydrogen) atoms. The van der Waals surface area contributed by atoms with E-state index < -0.39 is 0 Å². The van der Waals surface area contributed by atoms with Crippen LogP contribution in [-0.2, 0) is 9.59 Å². The van der Waals surface area contributed by atoms with Gasteiger partial charge in [0.1, 0.15) is 6.29 Å². The van der Waals surface area contributed by atoms with E-state index in [4.69, 9.17) is 0 Å². The van der Waals surface area contributed by atoms with Crippen LogP contribution in [0.5, 0.6) is 0 Å². The van der Waals surface area contributed by atoms with Gasteiger partial charge in [0.25, 0.3) is 0 Å². The molecule has 0 heterocycles. The second-order valence-corrected chi connectivity index (χ2v) is 4.45. The van der Waals surface area contributed by atoms with Crippen LogP contribution in [0.4, 0.5) is 11.4 Å². The van der Waals surface area contributed by atoms with E-state index in [1.54, 1.807) is 6.07 Å². The van der Waals surface area contributed by atoms with Crippen LogP contribution in [0.1, 0.15) is 10.4 Å². The number of nitrogens with one attached hydrogen (secondary N) is 2. The van der Waals surface area contributed by atoms with Gasteiger partial charge in [0.05, 0.1) is 10.7 Å². The molecule has 0 aliphatic rings. The predicted octanol–water partition coefficient (Wildman–Crippen LogP) is 2.17. The quantitative estimate of drug-likeness (QED) is 0.609. The average Bonchev–Trinajstić information content (AvgIpc) is 2.37. The molecule has 0 aliphatic heterocycles. The maximum Gasteiger partial charge on any atom is 0.235 e. The molecule has 0 bridgehead atoms. The lowest BCUT2D eigenvalue weighted by Crippen LogP contribution is -2.15. The Morgan fingerprint density at radius 3 is 1.78 bits per heavy atom. The lowest BCUT2D eigenvalue weighted by molar-refractivity contribution is -0.114. The fourth-order valence-corrected chi connectivity index (χ4v) is 1.53. The second kappa shape index (κ2) is 7.27. The van der Waals surface area contributed by atoms with Gasteiger partial charge in [-0.15, -0.1) is 0 Å². The van der Waals surface area contributed by atoms with Crippen LogP contribution in [0.15, 0.2) is 18.2 Å². The standard InChI is InChI=1S/C11H10Br2N2O3/c12-4-10(17)14-8-1-7(6-16)2-9(3-8)15-11(18)5-13/h1-3,6H,4-5H2,(H,14,17)(H,15,18). The van der Waals surface area contributed by atoms with Crippen LogP contribution < -0.4 is 10.6 Å². The summed E-state index contributed by atoms with van der Waals surface area (Å²) in [5, 5.41) is 5.49. The van der Waals surface area contributed by atoms with Gasteiger partial charge in [-0.05, 0) is 18.2 Å². The highest BCUT2D eigenvalue weighted by molar-refractivity contribution is 9.09. The number of rotatable bonds is 5. The van der Waals surface area contributed by atoms with Gasteiger partial charge in [-0.3, -0.25) is 14.4 Å². The number of hydrogen-bond donors (Lipinski definition) is 2. The first-order valence-corrected chi connectivity index (χ1v) is 7.15. The van der Waals surface area contributed by atoms with Crippen molar-refractivity contribution in [3.63, 3.8) is 0 Å². The van der Waals surface area contributed by atoms with E-state index in [1.807, 2.05) is 0 Å². The Labute approximate surface area is 121 Å². The van der Waals surface area contributed by atoms with Crippen LogP contribution in [-0.4, -0.2) is 28.8 Å². The zero-order valence-electron chi connectivity index (χ0n) is 9.20. The molecule has 1 rings (SSSR count). The zero-order chi connectivity index (χ0) is 13.5. The van der Waals surface area contributed by atoms with Gasteiger partial charge in [0.15, 0.2) is 0 Å². The van der Waals surface area contributed by atoms with E-state index >= 15 is 0 Å². The van der Waals surface area contributed by atoms with Gasteiger partial charge in [-0.25, -0.2) is 0 Å². The van der Waals surface area contributed by atoms with Crippen LogP contribution in [0, 0.1) is 0 Å². The van der Waals surface area contributed by atoms with Gasteiger partial charge < -0.3 is 10.6 Å². The molecule has 0 radical (unpaired) electrons. The van der Waals surface area contributed by atoms with Crippen LogP contribution in [0.3, 0.4) is 0 Å². The number of benzene rings is 1. The first-order valence-electron chi connectivity index (χ1n) is 4.91. The molecule has 1 aromatic rings. The van der Waals surface area contributed by atoms with E-state index in [0.29, 0.717) is 23.2 Å². The minimum absolute atomic E-state index is 0.154. The van der Waals surface area contributed by atoms with Crippen molar-refractivity contribution in [2.75, 3.05) is 21.3 Å². The van der Waals surface area contributed by atoms with Gasteiger partial charge in [-0.1, -0.05) is 31.9 Å². The minimum Gasteiger partial charge on any atom is -0.325 e. The Hall–Kier alpha value is -1.21. The van der Waals surface area contributed by atoms with Crippen molar-refractivity contribution in [2.45, 2.75) is 0 Å². The third-order valence-corrected chi connectivity index (χ3v) is 2.92. The lowest BCUT2D eigenvalue weighted by atomic mass is 10.2. The third kappa shape index (κ3) is 4.58. The molecule has 2 N–H and O–H groups in total. The fraction of sp³-hybridized carbons (Fsp3) is 0.182. The molecule has 7 heteroatoms. The van der Waals surface area contributed by atoms with E-state index in [1.165, 1.54) is 12.1 Å². The molecule has 0 saturated heterocycles. The van der Waals surface area contributed by atoms with Crippen molar-refractivity contribution in [1.29, 1.82) is 0 Å². The number of amides is 2. The molecular formula is C11H10Br2N2O3. The molecule has 2 amide bonds. The second-order valence-electron chi connectivity index (χ2n) is 3.33. The summed E-state index contributed by atoms with van der Waals surface area (Å²) in [7, 11) is 0. The van der Waals surface area contributed by atoms with E-state index in [2.05, 4.69) is 42.5 Å². The van der Waals surface area contributed by atoms with Crippen molar-refractivity contribution in [1.82, 2.24) is 0 Å². The largest absolute Gasteiger partial charge is 0.325 e. The number of aldehydes is 1. The molecule has 0 fully saturated rings. The number of anilines is 2. The van der Waals surface area contributed by atoms with Gasteiger partial charge in [0.2, 0.25) is 11.8 Å². The maximum atomic E-state index is 11.2. The van der Waals surface area contributed by atoms with Gasteiger partial charge >= 0.3 is 0 Å². The number of hydrogen-bond acceptors (Lipinski definition) is 3. The van der Waals surface area contributed by atoms with Crippen molar-refractivity contribution >= 4 is 61.3 Å². The molecule has 0 aliphatic carbocycles. The van der Waals surface area contributed by atoms with E-state index in [0.717, 1.165) is 0 Å². The normalized spacial score (nSPS) is 9.67. The molecular weight excluding hydrogens is 368 g/mol. The molecule has 96 valence electrons. The third-order valence-electron chi connectivity index (χ3n) is 1.90. The molecule has 0 saturated carbocycles. The van der Waals surface area contributed by atoms with Crippen molar-refractivity contribution in [2.24, 2.45) is 0 Å². The summed E-state index contributed by atoms with van der Waals surface area (Å²) >= 11 is 6.04. The highest BCUT2D eigenvalue weighted by atomic mass is 79.9. The maximum absolute atomic E-state index is 11.2. The zero-order valence-corrected chi connectivity index (χ0v) is 12.4. The highest BCUT2D eigenvalue weighted by Crippen LogP contribution is 2.18. The van der Waals surface area contributed by atoms with Crippen molar-refractivity contribution in [3.05, 3.63) is 23.8 Å². The van der Waals surface area contributed by atoms with Crippen molar-refractivity contribution < 1.29 is 14.4 Å². The van der Waals surface area contributed by atoms with Crippen LogP contribution in [0.25, 0.3) is 0 Å². The molecule has 0 atom stereocenters. The SMILES string of the molecule is O=Cc1cc(NC(=O)CBr)cc(NC(=O)CBr)c1. The smallest absolute Gasteiger partial charge is 0.235 e. The van der Waals surface area contributed by atoms with Gasteiger partial charge in [-0.2, -0.15) is 0 Å². The number of carbonyl (C=O) groups is 3. The van der Waals surface area contributed by atoms with Crippen molar-refractivity contribution in [3.8, 4) is 0 Å². The van der Waals surface area contributed by atoms with Crippen LogP contribution in [0.2, 0.25) is 0 Å². The highest BCUT2D eigenvalue weighted by Gasteiger charge is 2.06. The molecule has 0 unspecified atom stereocenters. The monoisotopic (exact) mass is 376 g/mol. The predicted molar refractivity (Wildman–Crippen MR) is 76.7 cm³/mol. The minimum atomic E-state index is -0.240. The molecule has 1 aromatic carbocycles. The summed E-state index contributed by atoms with van der Waals surface area (Å²) in [6, 6.07) is 4.63. The summed E-state index contributed by atoms with van der Waals surface area (Å²) in [6.07, 6.45) is 0.646. The first-order chi connectivity index (χ1) is 8.58. The fourth-order valence-electron chi connectivity index (χ4n) is 1.25. The first kappa shape index (κ1) is 14.8.